The monoisotopic (exact) mass is 347 g/mol. The van der Waals surface area contributed by atoms with Gasteiger partial charge in [0, 0.05) is 4.47 Å². The number of halogens is 4. The average Bonchev–Trinajstić information content (AvgIpc) is 2.22. The number of hydrogen-bond acceptors (Lipinski definition) is 2. The zero-order valence-corrected chi connectivity index (χ0v) is 11.7. The molecule has 0 aliphatic rings. The molecule has 17 heavy (non-hydrogen) atoms. The maximum Gasteiger partial charge on any atom is 0.232 e. The lowest BCUT2D eigenvalue weighted by molar-refractivity contribution is 0.484. The Morgan fingerprint density at radius 1 is 1.41 bits per heavy atom. The van der Waals surface area contributed by atoms with Crippen LogP contribution in [0.1, 0.15) is 6.42 Å². The lowest BCUT2D eigenvalue weighted by Crippen LogP contribution is -2.17. The van der Waals surface area contributed by atoms with Gasteiger partial charge in [-0.1, -0.05) is 11.6 Å². The van der Waals surface area contributed by atoms with Crippen LogP contribution in [-0.2, 0) is 10.0 Å². The molecule has 0 aliphatic carbocycles. The van der Waals surface area contributed by atoms with E-state index >= 15 is 0 Å². The zero-order valence-electron chi connectivity index (χ0n) is 8.51. The Kier molecular flexibility index (Phi) is 5.15. The molecular weight excluding hydrogens is 340 g/mol. The van der Waals surface area contributed by atoms with Gasteiger partial charge in [-0.25, -0.2) is 12.8 Å². The van der Waals surface area contributed by atoms with E-state index in [-0.39, 0.29) is 27.4 Å². The molecule has 0 spiro atoms. The molecule has 0 heterocycles. The van der Waals surface area contributed by atoms with Crippen LogP contribution in [-0.4, -0.2) is 20.8 Å². The molecule has 3 nitrogen and oxygen atoms in total. The van der Waals surface area contributed by atoms with Crippen LogP contribution >= 0.6 is 27.5 Å². The minimum Gasteiger partial charge on any atom is -0.282 e. The van der Waals surface area contributed by atoms with Gasteiger partial charge < -0.3 is 0 Å². The van der Waals surface area contributed by atoms with Crippen LogP contribution < -0.4 is 4.72 Å². The van der Waals surface area contributed by atoms with Gasteiger partial charge in [-0.05, 0) is 34.5 Å². The van der Waals surface area contributed by atoms with Gasteiger partial charge in [-0.15, -0.1) is 0 Å². The Morgan fingerprint density at radius 2 is 2.06 bits per heavy atom. The summed E-state index contributed by atoms with van der Waals surface area (Å²) in [5.74, 6) is -1.02. The highest BCUT2D eigenvalue weighted by Gasteiger charge is 2.14. The maximum atomic E-state index is 13.1. The Labute approximate surface area is 111 Å². The Bertz CT molecular complexity index is 510. The van der Waals surface area contributed by atoms with Crippen molar-refractivity contribution in [3.05, 3.63) is 27.4 Å². The van der Waals surface area contributed by atoms with Crippen molar-refractivity contribution in [1.82, 2.24) is 0 Å². The number of sulfonamides is 1. The van der Waals surface area contributed by atoms with Crippen molar-refractivity contribution < 1.29 is 17.2 Å². The molecule has 0 bridgehead atoms. The third-order valence-electron chi connectivity index (χ3n) is 1.81. The Morgan fingerprint density at radius 3 is 2.65 bits per heavy atom. The summed E-state index contributed by atoms with van der Waals surface area (Å²) in [4.78, 5) is 0. The minimum absolute atomic E-state index is 0.0511. The fourth-order valence-corrected chi connectivity index (χ4v) is 2.83. The smallest absolute Gasteiger partial charge is 0.232 e. The SMILES string of the molecule is O=S(=O)(CCCF)Nc1cc(F)cc(Br)c1Cl. The summed E-state index contributed by atoms with van der Waals surface area (Å²) in [6, 6.07) is 2.07. The Hall–Kier alpha value is -0.400. The van der Waals surface area contributed by atoms with Crippen LogP contribution in [0.25, 0.3) is 0 Å². The first kappa shape index (κ1) is 14.7. The molecule has 0 radical (unpaired) electrons. The molecule has 0 atom stereocenters. The van der Waals surface area contributed by atoms with E-state index < -0.39 is 22.5 Å². The summed E-state index contributed by atoms with van der Waals surface area (Å²) in [5.41, 5.74) is -0.0719. The standard InChI is InChI=1S/C9H9BrClF2NO2S/c10-7-4-6(13)5-8(9(7)11)14-17(15,16)3-1-2-12/h4-5,14H,1-3H2. The van der Waals surface area contributed by atoms with Crippen molar-refractivity contribution in [2.75, 3.05) is 17.1 Å². The second-order valence-electron chi connectivity index (χ2n) is 3.21. The van der Waals surface area contributed by atoms with E-state index in [1.165, 1.54) is 0 Å². The molecule has 1 aromatic carbocycles. The topological polar surface area (TPSA) is 46.2 Å². The summed E-state index contributed by atoms with van der Waals surface area (Å²) in [6.45, 7) is -0.735. The number of nitrogens with one attached hydrogen (secondary N) is 1. The van der Waals surface area contributed by atoms with Crippen molar-refractivity contribution in [1.29, 1.82) is 0 Å². The largest absolute Gasteiger partial charge is 0.282 e. The van der Waals surface area contributed by atoms with E-state index in [9.17, 15) is 17.2 Å². The van der Waals surface area contributed by atoms with Gasteiger partial charge in [0.25, 0.3) is 0 Å². The van der Waals surface area contributed by atoms with Crippen molar-refractivity contribution in [2.45, 2.75) is 6.42 Å². The van der Waals surface area contributed by atoms with Gasteiger partial charge in [0.15, 0.2) is 0 Å². The molecule has 8 heteroatoms. The minimum atomic E-state index is -3.71. The molecule has 96 valence electrons. The second kappa shape index (κ2) is 5.97. The molecule has 1 aromatic rings. The van der Waals surface area contributed by atoms with Crippen LogP contribution in [0.5, 0.6) is 0 Å². The third kappa shape index (κ3) is 4.40. The molecular formula is C9H9BrClF2NO2S. The highest BCUT2D eigenvalue weighted by molar-refractivity contribution is 9.10. The fourth-order valence-electron chi connectivity index (χ4n) is 1.09. The van der Waals surface area contributed by atoms with E-state index in [0.29, 0.717) is 0 Å². The van der Waals surface area contributed by atoms with Crippen LogP contribution in [0.4, 0.5) is 14.5 Å². The quantitative estimate of drug-likeness (QED) is 0.830. The summed E-state index contributed by atoms with van der Waals surface area (Å²) < 4.78 is 50.2. The number of anilines is 1. The molecule has 0 fully saturated rings. The predicted molar refractivity (Wildman–Crippen MR) is 67.1 cm³/mol. The first-order chi connectivity index (χ1) is 7.85. The van der Waals surface area contributed by atoms with Gasteiger partial charge in [-0.2, -0.15) is 0 Å². The van der Waals surface area contributed by atoms with Crippen LogP contribution in [0.15, 0.2) is 16.6 Å². The lowest BCUT2D eigenvalue weighted by Gasteiger charge is -2.10. The number of alkyl halides is 1. The van der Waals surface area contributed by atoms with Gasteiger partial charge in [0.2, 0.25) is 10.0 Å². The third-order valence-corrected chi connectivity index (χ3v) is 4.42. The molecule has 1 rings (SSSR count). The van der Waals surface area contributed by atoms with Gasteiger partial charge in [-0.3, -0.25) is 9.11 Å². The van der Waals surface area contributed by atoms with E-state index in [2.05, 4.69) is 20.7 Å². The van der Waals surface area contributed by atoms with E-state index in [4.69, 9.17) is 11.6 Å². The average molecular weight is 349 g/mol. The Balaban J connectivity index is 2.95. The predicted octanol–water partition coefficient (Wildman–Crippen LogP) is 3.34. The normalized spacial score (nSPS) is 11.5. The van der Waals surface area contributed by atoms with Crippen LogP contribution in [0, 0.1) is 5.82 Å². The highest BCUT2D eigenvalue weighted by atomic mass is 79.9. The van der Waals surface area contributed by atoms with Crippen molar-refractivity contribution in [3.8, 4) is 0 Å². The van der Waals surface area contributed by atoms with E-state index in [1.54, 1.807) is 0 Å². The summed E-state index contributed by atoms with van der Waals surface area (Å²) in [5, 5.41) is 0.0511. The van der Waals surface area contributed by atoms with E-state index in [0.717, 1.165) is 12.1 Å². The molecule has 0 amide bonds. The van der Waals surface area contributed by atoms with Gasteiger partial charge in [0.1, 0.15) is 5.82 Å². The fraction of sp³-hybridized carbons (Fsp3) is 0.333. The molecule has 0 aliphatic heterocycles. The lowest BCUT2D eigenvalue weighted by atomic mass is 10.3. The van der Waals surface area contributed by atoms with Crippen LogP contribution in [0.3, 0.4) is 0 Å². The van der Waals surface area contributed by atoms with Crippen molar-refractivity contribution in [3.63, 3.8) is 0 Å². The molecule has 0 aromatic heterocycles. The van der Waals surface area contributed by atoms with Crippen LogP contribution in [0.2, 0.25) is 5.02 Å². The van der Waals surface area contributed by atoms with Crippen molar-refractivity contribution >= 4 is 43.2 Å². The molecule has 0 saturated heterocycles. The number of rotatable bonds is 5. The summed E-state index contributed by atoms with van der Waals surface area (Å²) in [6.07, 6.45) is -0.122. The number of hydrogen-bond donors (Lipinski definition) is 1. The number of benzene rings is 1. The summed E-state index contributed by atoms with van der Waals surface area (Å²) in [7, 11) is -3.71. The van der Waals surface area contributed by atoms with E-state index in [1.807, 2.05) is 0 Å². The second-order valence-corrected chi connectivity index (χ2v) is 6.29. The summed E-state index contributed by atoms with van der Waals surface area (Å²) >= 11 is 8.78. The van der Waals surface area contributed by atoms with Gasteiger partial charge >= 0.3 is 0 Å². The first-order valence-electron chi connectivity index (χ1n) is 4.57. The van der Waals surface area contributed by atoms with Crippen molar-refractivity contribution in [2.24, 2.45) is 0 Å². The first-order valence-corrected chi connectivity index (χ1v) is 7.39. The van der Waals surface area contributed by atoms with Gasteiger partial charge in [0.05, 0.1) is 23.1 Å². The molecule has 0 unspecified atom stereocenters. The maximum absolute atomic E-state index is 13.1. The highest BCUT2D eigenvalue weighted by Crippen LogP contribution is 2.32. The molecule has 0 saturated carbocycles. The molecule has 1 N–H and O–H groups in total. The zero-order chi connectivity index (χ0) is 13.1.